The third-order valence-electron chi connectivity index (χ3n) is 7.57. The Morgan fingerprint density at radius 2 is 2.06 bits per heavy atom. The van der Waals surface area contributed by atoms with Crippen molar-refractivity contribution in [3.05, 3.63) is 46.5 Å². The van der Waals surface area contributed by atoms with E-state index in [0.717, 1.165) is 29.7 Å². The first kappa shape index (κ1) is 23.4. The van der Waals surface area contributed by atoms with Crippen LogP contribution in [0.1, 0.15) is 78.7 Å². The number of fused-ring (bicyclic) bond motifs is 1. The van der Waals surface area contributed by atoms with Crippen LogP contribution < -0.4 is 4.90 Å². The Morgan fingerprint density at radius 3 is 2.66 bits per heavy atom. The summed E-state index contributed by atoms with van der Waals surface area (Å²) in [5.41, 5.74) is 1.90. The van der Waals surface area contributed by atoms with E-state index in [-0.39, 0.29) is 25.4 Å². The van der Waals surface area contributed by atoms with Gasteiger partial charge in [-0.15, -0.1) is 0 Å². The molecule has 0 bridgehead atoms. The van der Waals surface area contributed by atoms with Crippen LogP contribution in [0.4, 0.5) is 5.82 Å². The summed E-state index contributed by atoms with van der Waals surface area (Å²) < 4.78 is 11.1. The van der Waals surface area contributed by atoms with Gasteiger partial charge in [0, 0.05) is 31.0 Å². The van der Waals surface area contributed by atoms with Gasteiger partial charge in [-0.05, 0) is 44.7 Å². The summed E-state index contributed by atoms with van der Waals surface area (Å²) >= 11 is 0. The molecule has 1 atom stereocenters. The van der Waals surface area contributed by atoms with Crippen molar-refractivity contribution in [2.24, 2.45) is 0 Å². The molecule has 9 heteroatoms. The molecule has 35 heavy (non-hydrogen) atoms. The van der Waals surface area contributed by atoms with Crippen LogP contribution >= 0.6 is 0 Å². The number of carboxylic acids is 1. The largest absolute Gasteiger partial charge is 0.479 e. The third-order valence-corrected chi connectivity index (χ3v) is 7.57. The van der Waals surface area contributed by atoms with Crippen molar-refractivity contribution in [1.29, 1.82) is 5.26 Å². The molecule has 0 aromatic carbocycles. The number of furan rings is 1. The maximum atomic E-state index is 13.2. The van der Waals surface area contributed by atoms with Crippen molar-refractivity contribution in [3.8, 4) is 6.07 Å². The molecule has 1 saturated carbocycles. The van der Waals surface area contributed by atoms with E-state index in [4.69, 9.17) is 14.1 Å². The number of carbonyl (C=O) groups excluding carboxylic acids is 1. The molecule has 4 heterocycles. The topological polar surface area (TPSA) is 120 Å². The number of hydrogen-bond donors (Lipinski definition) is 1. The van der Waals surface area contributed by atoms with Crippen LogP contribution in [0.5, 0.6) is 0 Å². The van der Waals surface area contributed by atoms with Crippen LogP contribution in [0.15, 0.2) is 23.0 Å². The highest BCUT2D eigenvalue weighted by atomic mass is 16.5. The van der Waals surface area contributed by atoms with Crippen LogP contribution in [0.25, 0.3) is 0 Å². The molecule has 184 valence electrons. The van der Waals surface area contributed by atoms with Gasteiger partial charge >= 0.3 is 5.97 Å². The first-order chi connectivity index (χ1) is 16.7. The summed E-state index contributed by atoms with van der Waals surface area (Å²) in [6, 6.07) is 3.92. The quantitative estimate of drug-likeness (QED) is 0.694. The van der Waals surface area contributed by atoms with Gasteiger partial charge in [0.2, 0.25) is 0 Å². The van der Waals surface area contributed by atoms with E-state index >= 15 is 0 Å². The van der Waals surface area contributed by atoms with Gasteiger partial charge in [0.15, 0.2) is 5.54 Å². The minimum absolute atomic E-state index is 0.0485. The lowest BCUT2D eigenvalue weighted by atomic mass is 9.86. The highest BCUT2D eigenvalue weighted by Crippen LogP contribution is 2.46. The van der Waals surface area contributed by atoms with Gasteiger partial charge in [0.1, 0.15) is 18.2 Å². The van der Waals surface area contributed by atoms with E-state index in [2.05, 4.69) is 6.07 Å². The highest BCUT2D eigenvalue weighted by molar-refractivity contribution is 5.98. The molecule has 0 unspecified atom stereocenters. The number of amides is 1. The van der Waals surface area contributed by atoms with Crippen LogP contribution in [0.2, 0.25) is 0 Å². The van der Waals surface area contributed by atoms with E-state index in [0.29, 0.717) is 42.4 Å². The number of aromatic nitrogens is 1. The molecule has 0 radical (unpaired) electrons. The number of aliphatic carboxylic acids is 1. The molecule has 9 nitrogen and oxygen atoms in total. The van der Waals surface area contributed by atoms with Crippen LogP contribution in [0, 0.1) is 11.3 Å². The molecule has 5 rings (SSSR count). The fraction of sp³-hybridized carbons (Fsp3) is 0.538. The lowest BCUT2D eigenvalue weighted by Crippen LogP contribution is -2.67. The summed E-state index contributed by atoms with van der Waals surface area (Å²) in [7, 11) is 0. The Balaban J connectivity index is 1.58. The van der Waals surface area contributed by atoms with E-state index in [9.17, 15) is 20.0 Å². The van der Waals surface area contributed by atoms with Crippen molar-refractivity contribution in [2.75, 3.05) is 24.5 Å². The SMILES string of the molecule is CC[C@]1(C(=O)O)CN(c2nc(C3CC3)c3c(c2C#N)CC(C)(C)OC3)CCN1C(=O)c1ccoc1. The summed E-state index contributed by atoms with van der Waals surface area (Å²) in [4.78, 5) is 34.2. The summed E-state index contributed by atoms with van der Waals surface area (Å²) in [5, 5.41) is 20.6. The Morgan fingerprint density at radius 1 is 1.29 bits per heavy atom. The zero-order valence-electron chi connectivity index (χ0n) is 20.3. The first-order valence-corrected chi connectivity index (χ1v) is 12.1. The van der Waals surface area contributed by atoms with Gasteiger partial charge in [-0.2, -0.15) is 5.26 Å². The summed E-state index contributed by atoms with van der Waals surface area (Å²) in [6.07, 6.45) is 5.65. The number of nitriles is 1. The van der Waals surface area contributed by atoms with E-state index in [1.807, 2.05) is 18.7 Å². The molecule has 1 amide bonds. The van der Waals surface area contributed by atoms with Crippen molar-refractivity contribution in [3.63, 3.8) is 0 Å². The number of carboxylic acid groups (broad SMARTS) is 1. The molecular weight excluding hydrogens is 448 g/mol. The van der Waals surface area contributed by atoms with Crippen molar-refractivity contribution in [2.45, 2.75) is 70.1 Å². The van der Waals surface area contributed by atoms with E-state index in [1.54, 1.807) is 13.0 Å². The molecule has 2 aromatic heterocycles. The van der Waals surface area contributed by atoms with Gasteiger partial charge < -0.3 is 24.1 Å². The van der Waals surface area contributed by atoms with Gasteiger partial charge in [0.05, 0.1) is 41.8 Å². The maximum Gasteiger partial charge on any atom is 0.331 e. The smallest absolute Gasteiger partial charge is 0.331 e. The fourth-order valence-corrected chi connectivity index (χ4v) is 5.39. The second-order valence-corrected chi connectivity index (χ2v) is 10.3. The fourth-order valence-electron chi connectivity index (χ4n) is 5.39. The Bertz CT molecular complexity index is 1210. The molecule has 3 aliphatic rings. The molecule has 1 aliphatic carbocycles. The number of nitrogens with zero attached hydrogens (tertiary/aromatic N) is 4. The van der Waals surface area contributed by atoms with Gasteiger partial charge in [-0.1, -0.05) is 6.92 Å². The standard InChI is InChI=1S/C26H30N4O5/c1-4-26(24(32)33)15-29(8-9-30(26)23(31)17-7-10-34-13-17)22-19(12-27)18-11-25(2,3)35-14-20(18)21(28-22)16-5-6-16/h7,10,13,16H,4-6,8-9,11,14-15H2,1-3H3,(H,32,33)/t26-/m1/s1. The number of carbonyl (C=O) groups is 2. The van der Waals surface area contributed by atoms with E-state index < -0.39 is 17.1 Å². The van der Waals surface area contributed by atoms with Crippen LogP contribution in [-0.4, -0.2) is 57.6 Å². The number of pyridine rings is 1. The Kier molecular flexibility index (Phi) is 5.59. The molecule has 2 aromatic rings. The summed E-state index contributed by atoms with van der Waals surface area (Å²) in [6.45, 7) is 6.85. The van der Waals surface area contributed by atoms with Gasteiger partial charge in [0.25, 0.3) is 5.91 Å². The molecule has 1 N–H and O–H groups in total. The number of rotatable bonds is 5. The minimum atomic E-state index is -1.46. The lowest BCUT2D eigenvalue weighted by molar-refractivity contribution is -0.150. The molecule has 2 fully saturated rings. The first-order valence-electron chi connectivity index (χ1n) is 12.1. The number of piperazine rings is 1. The predicted octanol–water partition coefficient (Wildman–Crippen LogP) is 3.47. The number of ether oxygens (including phenoxy) is 1. The molecule has 2 aliphatic heterocycles. The van der Waals surface area contributed by atoms with Crippen LogP contribution in [-0.2, 0) is 22.6 Å². The minimum Gasteiger partial charge on any atom is -0.479 e. The normalized spacial score (nSPS) is 23.5. The zero-order chi connectivity index (χ0) is 25.0. The van der Waals surface area contributed by atoms with Crippen LogP contribution in [0.3, 0.4) is 0 Å². The van der Waals surface area contributed by atoms with Gasteiger partial charge in [-0.3, -0.25) is 4.79 Å². The molecular formula is C26H30N4O5. The third kappa shape index (κ3) is 3.86. The monoisotopic (exact) mass is 478 g/mol. The maximum absolute atomic E-state index is 13.2. The molecule has 0 spiro atoms. The van der Waals surface area contributed by atoms with Crippen molar-refractivity contribution >= 4 is 17.7 Å². The average molecular weight is 479 g/mol. The van der Waals surface area contributed by atoms with E-state index in [1.165, 1.54) is 17.4 Å². The predicted molar refractivity (Wildman–Crippen MR) is 126 cm³/mol. The van der Waals surface area contributed by atoms with Gasteiger partial charge in [-0.25, -0.2) is 9.78 Å². The Labute approximate surface area is 204 Å². The lowest BCUT2D eigenvalue weighted by Gasteiger charge is -2.48. The summed E-state index contributed by atoms with van der Waals surface area (Å²) in [5.74, 6) is -0.575. The zero-order valence-corrected chi connectivity index (χ0v) is 20.3. The average Bonchev–Trinajstić information content (AvgIpc) is 3.54. The number of hydrogen-bond acceptors (Lipinski definition) is 7. The second kappa shape index (κ2) is 8.38. The highest BCUT2D eigenvalue weighted by Gasteiger charge is 2.50. The number of anilines is 1. The second-order valence-electron chi connectivity index (χ2n) is 10.3. The van der Waals surface area contributed by atoms with Crippen molar-refractivity contribution in [1.82, 2.24) is 9.88 Å². The Hall–Kier alpha value is -3.38. The van der Waals surface area contributed by atoms with Crippen molar-refractivity contribution < 1.29 is 23.8 Å². The molecule has 1 saturated heterocycles.